The summed E-state index contributed by atoms with van der Waals surface area (Å²) >= 11 is 0. The number of hydrogen-bond donors (Lipinski definition) is 2. The van der Waals surface area contributed by atoms with Crippen molar-refractivity contribution in [1.29, 1.82) is 0 Å². The Balaban J connectivity index is 2.13. The molecule has 0 atom stereocenters. The summed E-state index contributed by atoms with van der Waals surface area (Å²) in [5.74, 6) is -2.16. The molecule has 0 spiro atoms. The van der Waals surface area contributed by atoms with Crippen molar-refractivity contribution in [3.63, 3.8) is 0 Å². The summed E-state index contributed by atoms with van der Waals surface area (Å²) in [6.07, 6.45) is 0.746. The monoisotopic (exact) mass is 336 g/mol. The molecule has 1 aromatic carbocycles. The number of carbonyl (C=O) groups excluding carboxylic acids is 1. The van der Waals surface area contributed by atoms with E-state index in [0.29, 0.717) is 18.8 Å². The number of ether oxygens (including phenoxy) is 1. The minimum absolute atomic E-state index is 0.0133. The number of para-hydroxylation sites is 1. The van der Waals surface area contributed by atoms with Gasteiger partial charge >= 0.3 is 0 Å². The standard InChI is InChI=1S/C16H18F2N4O2/c1-10-9-13(21-16(20-10)19-7-4-8-24-2)15(23)22-14-11(17)5-3-6-12(14)18/h3,5-6,9H,4,7-8H2,1-2H3,(H,22,23)(H,19,20,21). The number of methoxy groups -OCH3 is 1. The van der Waals surface area contributed by atoms with Gasteiger partial charge in [0.05, 0.1) is 0 Å². The summed E-state index contributed by atoms with van der Waals surface area (Å²) in [5, 5.41) is 5.17. The maximum Gasteiger partial charge on any atom is 0.274 e. The third-order valence-corrected chi connectivity index (χ3v) is 3.10. The smallest absolute Gasteiger partial charge is 0.274 e. The molecular weight excluding hydrogens is 318 g/mol. The average molecular weight is 336 g/mol. The third-order valence-electron chi connectivity index (χ3n) is 3.10. The summed E-state index contributed by atoms with van der Waals surface area (Å²) in [6, 6.07) is 4.78. The molecule has 0 saturated heterocycles. The van der Waals surface area contributed by atoms with Crippen LogP contribution in [0, 0.1) is 18.6 Å². The zero-order valence-corrected chi connectivity index (χ0v) is 13.4. The van der Waals surface area contributed by atoms with E-state index in [2.05, 4.69) is 20.6 Å². The minimum atomic E-state index is -0.855. The molecule has 2 N–H and O–H groups in total. The van der Waals surface area contributed by atoms with Crippen LogP contribution in [0.2, 0.25) is 0 Å². The van der Waals surface area contributed by atoms with Crippen LogP contribution >= 0.6 is 0 Å². The zero-order chi connectivity index (χ0) is 17.5. The van der Waals surface area contributed by atoms with Crippen LogP contribution in [0.3, 0.4) is 0 Å². The number of aryl methyl sites for hydroxylation is 1. The van der Waals surface area contributed by atoms with Crippen molar-refractivity contribution >= 4 is 17.5 Å². The molecule has 0 radical (unpaired) electrons. The summed E-state index contributed by atoms with van der Waals surface area (Å²) in [7, 11) is 1.60. The highest BCUT2D eigenvalue weighted by Crippen LogP contribution is 2.19. The lowest BCUT2D eigenvalue weighted by Crippen LogP contribution is -2.18. The fourth-order valence-corrected chi connectivity index (χ4v) is 1.98. The number of carbonyl (C=O) groups is 1. The summed E-state index contributed by atoms with van der Waals surface area (Å²) in [5.41, 5.74) is 0.0613. The molecule has 0 unspecified atom stereocenters. The molecule has 8 heteroatoms. The van der Waals surface area contributed by atoms with Crippen molar-refractivity contribution in [1.82, 2.24) is 9.97 Å². The SMILES string of the molecule is COCCCNc1nc(C)cc(C(=O)Nc2c(F)cccc2F)n1. The minimum Gasteiger partial charge on any atom is -0.385 e. The van der Waals surface area contributed by atoms with Gasteiger partial charge in [-0.25, -0.2) is 18.7 Å². The van der Waals surface area contributed by atoms with Crippen molar-refractivity contribution in [3.05, 3.63) is 47.3 Å². The third kappa shape index (κ3) is 4.69. The molecule has 2 rings (SSSR count). The second-order valence-corrected chi connectivity index (χ2v) is 5.04. The second-order valence-electron chi connectivity index (χ2n) is 5.04. The van der Waals surface area contributed by atoms with Crippen molar-refractivity contribution in [2.75, 3.05) is 30.9 Å². The Morgan fingerprint density at radius 3 is 2.62 bits per heavy atom. The number of anilines is 2. The number of benzene rings is 1. The van der Waals surface area contributed by atoms with Gasteiger partial charge in [0.15, 0.2) is 0 Å². The summed E-state index contributed by atoms with van der Waals surface area (Å²) in [6.45, 7) is 2.85. The first kappa shape index (κ1) is 17.7. The first-order chi connectivity index (χ1) is 11.5. The van der Waals surface area contributed by atoms with Gasteiger partial charge < -0.3 is 15.4 Å². The molecular formula is C16H18F2N4O2. The number of nitrogens with zero attached hydrogens (tertiary/aromatic N) is 2. The highest BCUT2D eigenvalue weighted by atomic mass is 19.1. The number of aromatic nitrogens is 2. The van der Waals surface area contributed by atoms with Gasteiger partial charge in [-0.3, -0.25) is 4.79 Å². The largest absolute Gasteiger partial charge is 0.385 e. The van der Waals surface area contributed by atoms with E-state index in [9.17, 15) is 13.6 Å². The Hall–Kier alpha value is -2.61. The molecule has 0 bridgehead atoms. The zero-order valence-electron chi connectivity index (χ0n) is 13.4. The summed E-state index contributed by atoms with van der Waals surface area (Å²) < 4.78 is 32.2. The molecule has 0 aliphatic heterocycles. The van der Waals surface area contributed by atoms with E-state index in [-0.39, 0.29) is 11.6 Å². The lowest BCUT2D eigenvalue weighted by molar-refractivity contribution is 0.102. The highest BCUT2D eigenvalue weighted by Gasteiger charge is 2.15. The van der Waals surface area contributed by atoms with E-state index >= 15 is 0 Å². The molecule has 0 aliphatic carbocycles. The van der Waals surface area contributed by atoms with Crippen LogP contribution in [0.1, 0.15) is 22.6 Å². The molecule has 0 aliphatic rings. The van der Waals surface area contributed by atoms with E-state index in [1.54, 1.807) is 14.0 Å². The van der Waals surface area contributed by atoms with E-state index in [0.717, 1.165) is 18.6 Å². The van der Waals surface area contributed by atoms with E-state index in [1.807, 2.05) is 0 Å². The normalized spacial score (nSPS) is 10.5. The molecule has 6 nitrogen and oxygen atoms in total. The van der Waals surface area contributed by atoms with Crippen LogP contribution in [-0.4, -0.2) is 36.1 Å². The predicted molar refractivity (Wildman–Crippen MR) is 86.1 cm³/mol. The van der Waals surface area contributed by atoms with Crippen LogP contribution in [0.4, 0.5) is 20.4 Å². The molecule has 1 aromatic heterocycles. The lowest BCUT2D eigenvalue weighted by atomic mass is 10.2. The molecule has 0 fully saturated rings. The predicted octanol–water partition coefficient (Wildman–Crippen LogP) is 2.76. The first-order valence-electron chi connectivity index (χ1n) is 7.35. The van der Waals surface area contributed by atoms with Crippen LogP contribution in [0.25, 0.3) is 0 Å². The molecule has 24 heavy (non-hydrogen) atoms. The van der Waals surface area contributed by atoms with Gasteiger partial charge in [-0.2, -0.15) is 0 Å². The number of hydrogen-bond acceptors (Lipinski definition) is 5. The van der Waals surface area contributed by atoms with Crippen molar-refractivity contribution in [2.45, 2.75) is 13.3 Å². The van der Waals surface area contributed by atoms with Crippen LogP contribution in [0.15, 0.2) is 24.3 Å². The van der Waals surface area contributed by atoms with Gasteiger partial charge in [0.25, 0.3) is 5.91 Å². The van der Waals surface area contributed by atoms with E-state index in [4.69, 9.17) is 4.74 Å². The fourth-order valence-electron chi connectivity index (χ4n) is 1.98. The van der Waals surface area contributed by atoms with Gasteiger partial charge in [-0.05, 0) is 31.5 Å². The number of rotatable bonds is 7. The molecule has 0 saturated carbocycles. The number of amides is 1. The highest BCUT2D eigenvalue weighted by molar-refractivity contribution is 6.03. The van der Waals surface area contributed by atoms with Crippen molar-refractivity contribution in [2.24, 2.45) is 0 Å². The van der Waals surface area contributed by atoms with Crippen LogP contribution in [0.5, 0.6) is 0 Å². The van der Waals surface area contributed by atoms with Gasteiger partial charge in [-0.15, -0.1) is 0 Å². The Morgan fingerprint density at radius 2 is 1.96 bits per heavy atom. The van der Waals surface area contributed by atoms with Gasteiger partial charge in [0, 0.05) is 26.0 Å². The molecule has 128 valence electrons. The van der Waals surface area contributed by atoms with Gasteiger partial charge in [0.2, 0.25) is 5.95 Å². The number of halogens is 2. The van der Waals surface area contributed by atoms with Crippen LogP contribution in [-0.2, 0) is 4.74 Å². The Morgan fingerprint density at radius 1 is 1.25 bits per heavy atom. The Labute approximate surface area is 138 Å². The number of nitrogens with one attached hydrogen (secondary N) is 2. The molecule has 1 heterocycles. The second kappa shape index (κ2) is 8.30. The van der Waals surface area contributed by atoms with E-state index in [1.165, 1.54) is 12.1 Å². The average Bonchev–Trinajstić information content (AvgIpc) is 2.54. The Kier molecular flexibility index (Phi) is 6.14. The maximum absolute atomic E-state index is 13.6. The molecule has 2 aromatic rings. The topological polar surface area (TPSA) is 76.1 Å². The first-order valence-corrected chi connectivity index (χ1v) is 7.35. The van der Waals surface area contributed by atoms with Crippen molar-refractivity contribution in [3.8, 4) is 0 Å². The molecule has 1 amide bonds. The van der Waals surface area contributed by atoms with Crippen LogP contribution < -0.4 is 10.6 Å². The summed E-state index contributed by atoms with van der Waals surface area (Å²) in [4.78, 5) is 20.4. The fraction of sp³-hybridized carbons (Fsp3) is 0.312. The Bertz CT molecular complexity index is 705. The maximum atomic E-state index is 13.6. The van der Waals surface area contributed by atoms with Crippen molar-refractivity contribution < 1.29 is 18.3 Å². The van der Waals surface area contributed by atoms with E-state index < -0.39 is 23.2 Å². The van der Waals surface area contributed by atoms with Gasteiger partial charge in [-0.1, -0.05) is 6.07 Å². The quantitative estimate of drug-likeness (QED) is 0.761. The lowest BCUT2D eigenvalue weighted by Gasteiger charge is -2.09. The van der Waals surface area contributed by atoms with Gasteiger partial charge in [0.1, 0.15) is 23.0 Å².